The Labute approximate surface area is 106 Å². The van der Waals surface area contributed by atoms with Crippen molar-refractivity contribution in [2.75, 3.05) is 12.8 Å². The van der Waals surface area contributed by atoms with Crippen molar-refractivity contribution in [2.24, 2.45) is 0 Å². The number of hydrogen-bond donors (Lipinski definition) is 1. The van der Waals surface area contributed by atoms with E-state index < -0.39 is 0 Å². The summed E-state index contributed by atoms with van der Waals surface area (Å²) in [7, 11) is 1.58. The zero-order valence-electron chi connectivity index (χ0n) is 10.6. The second-order valence-corrected chi connectivity index (χ2v) is 3.91. The van der Waals surface area contributed by atoms with E-state index in [9.17, 15) is 0 Å². The minimum absolute atomic E-state index is 0.457. The maximum atomic E-state index is 5.73. The van der Waals surface area contributed by atoms with Crippen LogP contribution in [0.5, 0.6) is 17.4 Å². The lowest BCUT2D eigenvalue weighted by atomic mass is 10.3. The van der Waals surface area contributed by atoms with Crippen molar-refractivity contribution in [3.8, 4) is 17.4 Å². The van der Waals surface area contributed by atoms with Crippen molar-refractivity contribution in [1.82, 2.24) is 9.97 Å². The molecule has 94 valence electrons. The lowest BCUT2D eigenvalue weighted by Gasteiger charge is -2.11. The predicted octanol–water partition coefficient (Wildman–Crippen LogP) is 2.48. The van der Waals surface area contributed by atoms with Crippen LogP contribution in [0.4, 0.5) is 5.69 Å². The van der Waals surface area contributed by atoms with Gasteiger partial charge in [-0.25, -0.2) is 4.98 Å². The largest absolute Gasteiger partial charge is 0.493 e. The van der Waals surface area contributed by atoms with E-state index in [1.165, 1.54) is 0 Å². The number of methoxy groups -OCH3 is 1. The van der Waals surface area contributed by atoms with Crippen molar-refractivity contribution in [3.63, 3.8) is 0 Å². The molecule has 0 saturated carbocycles. The Kier molecular flexibility index (Phi) is 3.32. The van der Waals surface area contributed by atoms with Gasteiger partial charge in [-0.2, -0.15) is 0 Å². The minimum Gasteiger partial charge on any atom is -0.493 e. The van der Waals surface area contributed by atoms with Crippen LogP contribution in [-0.2, 0) is 0 Å². The minimum atomic E-state index is 0.457. The third kappa shape index (κ3) is 2.51. The molecule has 0 unspecified atom stereocenters. The van der Waals surface area contributed by atoms with Crippen molar-refractivity contribution < 1.29 is 9.47 Å². The molecule has 2 rings (SSSR count). The van der Waals surface area contributed by atoms with E-state index >= 15 is 0 Å². The predicted molar refractivity (Wildman–Crippen MR) is 69.0 cm³/mol. The maximum absolute atomic E-state index is 5.73. The van der Waals surface area contributed by atoms with Crippen LogP contribution in [0.25, 0.3) is 0 Å². The first-order valence-electron chi connectivity index (χ1n) is 5.52. The van der Waals surface area contributed by atoms with Crippen LogP contribution in [0, 0.1) is 13.8 Å². The van der Waals surface area contributed by atoms with Crippen LogP contribution in [0.1, 0.15) is 11.4 Å². The normalized spacial score (nSPS) is 10.2. The molecule has 5 heteroatoms. The first kappa shape index (κ1) is 12.2. The highest BCUT2D eigenvalue weighted by atomic mass is 16.5. The van der Waals surface area contributed by atoms with E-state index in [0.717, 1.165) is 5.69 Å². The van der Waals surface area contributed by atoms with Gasteiger partial charge in [0, 0.05) is 18.0 Å². The third-order valence-electron chi connectivity index (χ3n) is 2.43. The molecule has 1 aromatic carbocycles. The summed E-state index contributed by atoms with van der Waals surface area (Å²) in [5.74, 6) is 1.59. The van der Waals surface area contributed by atoms with Crippen LogP contribution >= 0.6 is 0 Å². The summed E-state index contributed by atoms with van der Waals surface area (Å²) < 4.78 is 10.9. The van der Waals surface area contributed by atoms with Crippen LogP contribution < -0.4 is 15.2 Å². The average Bonchev–Trinajstić information content (AvgIpc) is 2.34. The van der Waals surface area contributed by atoms with Crippen LogP contribution in [0.2, 0.25) is 0 Å². The summed E-state index contributed by atoms with van der Waals surface area (Å²) >= 11 is 0. The highest BCUT2D eigenvalue weighted by Gasteiger charge is 2.10. The number of hydrogen-bond acceptors (Lipinski definition) is 5. The van der Waals surface area contributed by atoms with E-state index in [-0.39, 0.29) is 0 Å². The molecule has 0 aliphatic rings. The van der Waals surface area contributed by atoms with Gasteiger partial charge in [-0.1, -0.05) is 0 Å². The quantitative estimate of drug-likeness (QED) is 0.841. The lowest BCUT2D eigenvalue weighted by molar-refractivity contribution is 0.372. The number of nitrogens with two attached hydrogens (primary N) is 1. The molecule has 2 N–H and O–H groups in total. The molecular weight excluding hydrogens is 230 g/mol. The van der Waals surface area contributed by atoms with Crippen molar-refractivity contribution >= 4 is 5.69 Å². The van der Waals surface area contributed by atoms with Gasteiger partial charge in [-0.3, -0.25) is 4.98 Å². The molecule has 5 nitrogen and oxygen atoms in total. The fourth-order valence-corrected chi connectivity index (χ4v) is 1.49. The second-order valence-electron chi connectivity index (χ2n) is 3.91. The van der Waals surface area contributed by atoms with Crippen molar-refractivity contribution in [2.45, 2.75) is 13.8 Å². The van der Waals surface area contributed by atoms with E-state index in [0.29, 0.717) is 28.8 Å². The van der Waals surface area contributed by atoms with E-state index in [1.807, 2.05) is 13.8 Å². The summed E-state index contributed by atoms with van der Waals surface area (Å²) in [5, 5.41) is 0. The number of benzene rings is 1. The number of anilines is 1. The topological polar surface area (TPSA) is 70.3 Å². The molecule has 0 fully saturated rings. The maximum Gasteiger partial charge on any atom is 0.241 e. The molecule has 1 aromatic heterocycles. The van der Waals surface area contributed by atoms with Gasteiger partial charge in [0.15, 0.2) is 11.5 Å². The Hall–Kier alpha value is -2.30. The SMILES string of the molecule is COc1ccc(N)cc1Oc1nc(C)cnc1C. The highest BCUT2D eigenvalue weighted by Crippen LogP contribution is 2.33. The van der Waals surface area contributed by atoms with E-state index in [2.05, 4.69) is 9.97 Å². The number of nitrogens with zero attached hydrogens (tertiary/aromatic N) is 2. The number of ether oxygens (including phenoxy) is 2. The third-order valence-corrected chi connectivity index (χ3v) is 2.43. The highest BCUT2D eigenvalue weighted by molar-refractivity contribution is 5.53. The smallest absolute Gasteiger partial charge is 0.241 e. The summed E-state index contributed by atoms with van der Waals surface area (Å²) in [6.07, 6.45) is 1.69. The number of aromatic nitrogens is 2. The van der Waals surface area contributed by atoms with Gasteiger partial charge in [-0.15, -0.1) is 0 Å². The molecule has 18 heavy (non-hydrogen) atoms. The zero-order valence-corrected chi connectivity index (χ0v) is 10.6. The Morgan fingerprint density at radius 3 is 2.67 bits per heavy atom. The Balaban J connectivity index is 2.38. The average molecular weight is 245 g/mol. The van der Waals surface area contributed by atoms with Crippen LogP contribution in [0.3, 0.4) is 0 Å². The summed E-state index contributed by atoms with van der Waals surface area (Å²) in [6.45, 7) is 3.69. The summed E-state index contributed by atoms with van der Waals surface area (Å²) in [5.41, 5.74) is 7.84. The molecule has 0 amide bonds. The number of nitrogen functional groups attached to an aromatic ring is 1. The molecule has 0 atom stereocenters. The molecule has 0 spiro atoms. The summed E-state index contributed by atoms with van der Waals surface area (Å²) in [4.78, 5) is 8.49. The van der Waals surface area contributed by atoms with Crippen molar-refractivity contribution in [1.29, 1.82) is 0 Å². The van der Waals surface area contributed by atoms with Gasteiger partial charge in [-0.05, 0) is 26.0 Å². The standard InChI is InChI=1S/C13H15N3O2/c1-8-7-15-9(2)13(16-8)18-12-6-10(14)4-5-11(12)17-3/h4-7H,14H2,1-3H3. The van der Waals surface area contributed by atoms with Gasteiger partial charge >= 0.3 is 0 Å². The lowest BCUT2D eigenvalue weighted by Crippen LogP contribution is -1.98. The zero-order chi connectivity index (χ0) is 13.1. The molecule has 0 aliphatic carbocycles. The Bertz CT molecular complexity index is 570. The van der Waals surface area contributed by atoms with Gasteiger partial charge in [0.1, 0.15) is 0 Å². The molecule has 0 aliphatic heterocycles. The monoisotopic (exact) mass is 245 g/mol. The molecule has 1 heterocycles. The fourth-order valence-electron chi connectivity index (χ4n) is 1.49. The first-order chi connectivity index (χ1) is 8.60. The molecule has 0 saturated heterocycles. The summed E-state index contributed by atoms with van der Waals surface area (Å²) in [6, 6.07) is 5.20. The molecule has 0 bridgehead atoms. The van der Waals surface area contributed by atoms with E-state index in [4.69, 9.17) is 15.2 Å². The Morgan fingerprint density at radius 2 is 1.94 bits per heavy atom. The van der Waals surface area contributed by atoms with Gasteiger partial charge in [0.05, 0.1) is 18.5 Å². The fraction of sp³-hybridized carbons (Fsp3) is 0.231. The second kappa shape index (κ2) is 4.91. The van der Waals surface area contributed by atoms with E-state index in [1.54, 1.807) is 31.5 Å². The number of rotatable bonds is 3. The van der Waals surface area contributed by atoms with Crippen LogP contribution in [0.15, 0.2) is 24.4 Å². The molecular formula is C13H15N3O2. The Morgan fingerprint density at radius 1 is 1.17 bits per heavy atom. The van der Waals surface area contributed by atoms with Crippen LogP contribution in [-0.4, -0.2) is 17.1 Å². The van der Waals surface area contributed by atoms with Crippen molar-refractivity contribution in [3.05, 3.63) is 35.8 Å². The molecule has 2 aromatic rings. The first-order valence-corrected chi connectivity index (χ1v) is 5.52. The van der Waals surface area contributed by atoms with Gasteiger partial charge < -0.3 is 15.2 Å². The number of aryl methyl sites for hydroxylation is 2. The molecule has 0 radical (unpaired) electrons. The van der Waals surface area contributed by atoms with Gasteiger partial charge in [0.2, 0.25) is 5.88 Å². The van der Waals surface area contributed by atoms with Gasteiger partial charge in [0.25, 0.3) is 0 Å².